The normalized spacial score (nSPS) is 14.0. The monoisotopic (exact) mass is 442 g/mol. The first-order chi connectivity index (χ1) is 14.5. The fraction of sp³-hybridized carbons (Fsp3) is 0.450. The Labute approximate surface area is 181 Å². The molecule has 5 rings (SSSR count). The van der Waals surface area contributed by atoms with Gasteiger partial charge in [-0.15, -0.1) is 21.5 Å². The van der Waals surface area contributed by atoms with Crippen LogP contribution in [0.5, 0.6) is 0 Å². The number of hydrogen-bond acceptors (Lipinski definition) is 8. The molecule has 0 aromatic carbocycles. The van der Waals surface area contributed by atoms with Gasteiger partial charge in [0.05, 0.1) is 11.1 Å². The van der Waals surface area contributed by atoms with Gasteiger partial charge in [0, 0.05) is 16.9 Å². The lowest BCUT2D eigenvalue weighted by molar-refractivity contribution is -0.113. The molecule has 0 fully saturated rings. The van der Waals surface area contributed by atoms with E-state index in [1.807, 2.05) is 4.40 Å². The molecule has 4 aromatic heterocycles. The number of nitrogens with zero attached hydrogens (tertiary/aromatic N) is 5. The SMILES string of the molecule is Cc1cc(NC(=O)CSc2nnc3c4c5c(sc4nc(C(C)C)n23)CCCC5)no1. The van der Waals surface area contributed by atoms with E-state index in [1.54, 1.807) is 24.3 Å². The van der Waals surface area contributed by atoms with Crippen LogP contribution in [0.4, 0.5) is 5.82 Å². The number of carbonyl (C=O) groups is 1. The van der Waals surface area contributed by atoms with Crippen molar-refractivity contribution in [3.8, 4) is 0 Å². The molecule has 10 heteroatoms. The summed E-state index contributed by atoms with van der Waals surface area (Å²) in [5, 5.41) is 17.3. The van der Waals surface area contributed by atoms with Gasteiger partial charge in [0.2, 0.25) is 5.91 Å². The number of aryl methyl sites for hydroxylation is 3. The van der Waals surface area contributed by atoms with Crippen molar-refractivity contribution in [2.75, 3.05) is 11.1 Å². The summed E-state index contributed by atoms with van der Waals surface area (Å²) < 4.78 is 7.02. The van der Waals surface area contributed by atoms with Crippen molar-refractivity contribution in [2.45, 2.75) is 57.5 Å². The second kappa shape index (κ2) is 7.66. The summed E-state index contributed by atoms with van der Waals surface area (Å²) >= 11 is 3.15. The Hall–Kier alpha value is -2.46. The summed E-state index contributed by atoms with van der Waals surface area (Å²) in [6.45, 7) is 6.02. The highest BCUT2D eigenvalue weighted by atomic mass is 32.2. The summed E-state index contributed by atoms with van der Waals surface area (Å²) in [5.41, 5.74) is 2.25. The van der Waals surface area contributed by atoms with Crippen molar-refractivity contribution in [2.24, 2.45) is 0 Å². The summed E-state index contributed by atoms with van der Waals surface area (Å²) in [5.74, 6) is 2.23. The predicted molar refractivity (Wildman–Crippen MR) is 117 cm³/mol. The van der Waals surface area contributed by atoms with Gasteiger partial charge in [-0.05, 0) is 38.2 Å². The standard InChI is InChI=1S/C20H22N6O2S2/c1-10(2)17-22-19-16(12-6-4-5-7-13(12)30-19)18-23-24-20(26(17)18)29-9-15(27)21-14-8-11(3)28-25-14/h8,10H,4-7,9H2,1-3H3,(H,21,25,27). The van der Waals surface area contributed by atoms with Crippen molar-refractivity contribution in [1.29, 1.82) is 0 Å². The number of carbonyl (C=O) groups excluding carboxylic acids is 1. The van der Waals surface area contributed by atoms with Crippen LogP contribution in [0.1, 0.15) is 54.6 Å². The molecule has 0 bridgehead atoms. The minimum absolute atomic E-state index is 0.168. The maximum Gasteiger partial charge on any atom is 0.236 e. The molecule has 0 aliphatic heterocycles. The molecule has 0 radical (unpaired) electrons. The molecule has 0 atom stereocenters. The second-order valence-corrected chi connectivity index (χ2v) is 9.84. The van der Waals surface area contributed by atoms with Crippen LogP contribution >= 0.6 is 23.1 Å². The maximum atomic E-state index is 12.3. The van der Waals surface area contributed by atoms with Crippen LogP contribution in [0.2, 0.25) is 0 Å². The maximum absolute atomic E-state index is 12.3. The number of aromatic nitrogens is 5. The number of nitrogens with one attached hydrogen (secondary N) is 1. The smallest absolute Gasteiger partial charge is 0.236 e. The molecular weight excluding hydrogens is 420 g/mol. The molecule has 0 saturated carbocycles. The van der Waals surface area contributed by atoms with Crippen LogP contribution in [0, 0.1) is 6.92 Å². The van der Waals surface area contributed by atoms with Crippen LogP contribution in [-0.2, 0) is 17.6 Å². The van der Waals surface area contributed by atoms with Crippen molar-refractivity contribution in [1.82, 2.24) is 24.7 Å². The van der Waals surface area contributed by atoms with Gasteiger partial charge < -0.3 is 9.84 Å². The van der Waals surface area contributed by atoms with Crippen molar-refractivity contribution in [3.05, 3.63) is 28.1 Å². The van der Waals surface area contributed by atoms with Crippen LogP contribution in [-0.4, -0.2) is 36.4 Å². The second-order valence-electron chi connectivity index (χ2n) is 7.82. The van der Waals surface area contributed by atoms with E-state index in [1.165, 1.54) is 35.0 Å². The van der Waals surface area contributed by atoms with Gasteiger partial charge in [-0.2, -0.15) is 0 Å². The van der Waals surface area contributed by atoms with Crippen LogP contribution in [0.15, 0.2) is 15.7 Å². The van der Waals surface area contributed by atoms with E-state index in [2.05, 4.69) is 34.5 Å². The Bertz CT molecular complexity index is 1260. The third-order valence-corrected chi connectivity index (χ3v) is 7.31. The topological polar surface area (TPSA) is 98.2 Å². The Morgan fingerprint density at radius 1 is 1.33 bits per heavy atom. The highest BCUT2D eigenvalue weighted by Gasteiger charge is 2.24. The minimum Gasteiger partial charge on any atom is -0.360 e. The average molecular weight is 443 g/mol. The van der Waals surface area contributed by atoms with Crippen LogP contribution < -0.4 is 5.32 Å². The fourth-order valence-electron chi connectivity index (χ4n) is 3.87. The summed E-state index contributed by atoms with van der Waals surface area (Å²) in [6.07, 6.45) is 4.63. The van der Waals surface area contributed by atoms with Gasteiger partial charge in [0.25, 0.3) is 0 Å². The van der Waals surface area contributed by atoms with E-state index in [9.17, 15) is 4.79 Å². The quantitative estimate of drug-likeness (QED) is 0.458. The van der Waals surface area contributed by atoms with E-state index in [4.69, 9.17) is 9.51 Å². The van der Waals surface area contributed by atoms with E-state index < -0.39 is 0 Å². The highest BCUT2D eigenvalue weighted by Crippen LogP contribution is 2.39. The molecule has 0 saturated heterocycles. The fourth-order valence-corrected chi connectivity index (χ4v) is 5.87. The van der Waals surface area contributed by atoms with Crippen molar-refractivity contribution < 1.29 is 9.32 Å². The first kappa shape index (κ1) is 19.5. The minimum atomic E-state index is -0.168. The molecule has 4 heterocycles. The van der Waals surface area contributed by atoms with Gasteiger partial charge in [0.1, 0.15) is 16.4 Å². The predicted octanol–water partition coefficient (Wildman–Crippen LogP) is 4.37. The zero-order chi connectivity index (χ0) is 20.8. The number of amides is 1. The van der Waals surface area contributed by atoms with Gasteiger partial charge in [0.15, 0.2) is 16.6 Å². The summed E-state index contributed by atoms with van der Waals surface area (Å²) in [7, 11) is 0. The molecule has 8 nitrogen and oxygen atoms in total. The molecule has 156 valence electrons. The summed E-state index contributed by atoms with van der Waals surface area (Å²) in [4.78, 5) is 19.8. The molecule has 0 spiro atoms. The van der Waals surface area contributed by atoms with Gasteiger partial charge in [-0.3, -0.25) is 9.20 Å². The Balaban J connectivity index is 1.50. The van der Waals surface area contributed by atoms with Crippen LogP contribution in [0.3, 0.4) is 0 Å². The van der Waals surface area contributed by atoms with E-state index >= 15 is 0 Å². The molecular formula is C20H22N6O2S2. The molecule has 1 N–H and O–H groups in total. The first-order valence-electron chi connectivity index (χ1n) is 10.1. The molecule has 0 unspecified atom stereocenters. The van der Waals surface area contributed by atoms with E-state index in [-0.39, 0.29) is 17.6 Å². The number of anilines is 1. The zero-order valence-corrected chi connectivity index (χ0v) is 18.7. The third-order valence-electron chi connectivity index (χ3n) is 5.20. The number of thiophene rings is 1. The van der Waals surface area contributed by atoms with E-state index in [0.717, 1.165) is 34.5 Å². The lowest BCUT2D eigenvalue weighted by Gasteiger charge is -2.12. The Kier molecular flexibility index (Phi) is 4.98. The molecule has 1 aliphatic rings. The molecule has 1 aliphatic carbocycles. The van der Waals surface area contributed by atoms with Crippen molar-refractivity contribution >= 4 is 50.7 Å². The third kappa shape index (κ3) is 3.37. The lowest BCUT2D eigenvalue weighted by atomic mass is 9.97. The van der Waals surface area contributed by atoms with Gasteiger partial charge >= 0.3 is 0 Å². The average Bonchev–Trinajstić information content (AvgIpc) is 3.41. The summed E-state index contributed by atoms with van der Waals surface area (Å²) in [6, 6.07) is 1.69. The Morgan fingerprint density at radius 2 is 2.17 bits per heavy atom. The number of fused-ring (bicyclic) bond motifs is 5. The highest BCUT2D eigenvalue weighted by molar-refractivity contribution is 7.99. The number of thioether (sulfide) groups is 1. The zero-order valence-electron chi connectivity index (χ0n) is 17.1. The number of hydrogen-bond donors (Lipinski definition) is 1. The molecule has 30 heavy (non-hydrogen) atoms. The van der Waals surface area contributed by atoms with Gasteiger partial charge in [-0.1, -0.05) is 30.8 Å². The molecule has 1 amide bonds. The first-order valence-corrected chi connectivity index (χ1v) is 11.9. The van der Waals surface area contributed by atoms with Crippen LogP contribution in [0.25, 0.3) is 15.9 Å². The van der Waals surface area contributed by atoms with E-state index in [0.29, 0.717) is 16.7 Å². The van der Waals surface area contributed by atoms with Crippen molar-refractivity contribution in [3.63, 3.8) is 0 Å². The lowest BCUT2D eigenvalue weighted by Crippen LogP contribution is -2.14. The largest absolute Gasteiger partial charge is 0.360 e. The number of rotatable bonds is 5. The van der Waals surface area contributed by atoms with Gasteiger partial charge in [-0.25, -0.2) is 4.98 Å². The molecule has 4 aromatic rings. The Morgan fingerprint density at radius 3 is 2.93 bits per heavy atom.